The zero-order valence-corrected chi connectivity index (χ0v) is 19.3. The molecule has 2 aromatic rings. The first-order chi connectivity index (χ1) is 15.8. The van der Waals surface area contributed by atoms with Gasteiger partial charge in [0, 0.05) is 10.6 Å². The monoisotopic (exact) mass is 502 g/mol. The summed E-state index contributed by atoms with van der Waals surface area (Å²) >= 11 is 18.3. The van der Waals surface area contributed by atoms with E-state index in [0.29, 0.717) is 5.02 Å². The number of benzene rings is 2. The number of ketones is 1. The van der Waals surface area contributed by atoms with Crippen molar-refractivity contribution in [2.24, 2.45) is 23.7 Å². The molecule has 2 aromatic carbocycles. The Morgan fingerprint density at radius 2 is 1.52 bits per heavy atom. The van der Waals surface area contributed by atoms with E-state index in [2.05, 4.69) is 0 Å². The van der Waals surface area contributed by atoms with E-state index >= 15 is 0 Å². The molecule has 4 atom stereocenters. The quantitative estimate of drug-likeness (QED) is 0.337. The molecule has 1 aliphatic heterocycles. The zero-order chi connectivity index (χ0) is 23.4. The van der Waals surface area contributed by atoms with Crippen molar-refractivity contribution in [3.8, 4) is 0 Å². The average Bonchev–Trinajstić information content (AvgIpc) is 3.46. The first-order valence-electron chi connectivity index (χ1n) is 10.4. The van der Waals surface area contributed by atoms with E-state index in [0.717, 1.165) is 16.4 Å². The molecule has 3 amide bonds. The summed E-state index contributed by atoms with van der Waals surface area (Å²) in [6.07, 6.45) is 4.66. The zero-order valence-electron chi connectivity index (χ0n) is 17.1. The van der Waals surface area contributed by atoms with Gasteiger partial charge in [-0.15, -0.1) is 0 Å². The van der Waals surface area contributed by atoms with Gasteiger partial charge in [-0.05, 0) is 48.6 Å². The third-order valence-corrected chi connectivity index (χ3v) is 7.43. The number of allylic oxidation sites excluding steroid dienone is 2. The number of amides is 3. The first kappa shape index (κ1) is 22.1. The van der Waals surface area contributed by atoms with Crippen LogP contribution >= 0.6 is 34.8 Å². The van der Waals surface area contributed by atoms with Gasteiger partial charge in [0.05, 0.1) is 27.4 Å². The van der Waals surface area contributed by atoms with Crippen LogP contribution in [0.25, 0.3) is 0 Å². The number of fused-ring (bicyclic) bond motifs is 5. The molecule has 1 saturated carbocycles. The van der Waals surface area contributed by atoms with Crippen LogP contribution in [-0.2, 0) is 9.59 Å². The lowest BCUT2D eigenvalue weighted by atomic mass is 9.85. The number of nitrogens with zero attached hydrogens (tertiary/aromatic N) is 2. The van der Waals surface area contributed by atoms with Crippen molar-refractivity contribution < 1.29 is 19.2 Å². The summed E-state index contributed by atoms with van der Waals surface area (Å²) < 4.78 is 0. The molecule has 6 nitrogen and oxygen atoms in total. The number of carbonyl (C=O) groups is 4. The van der Waals surface area contributed by atoms with E-state index in [1.165, 1.54) is 30.3 Å². The highest BCUT2D eigenvalue weighted by molar-refractivity contribution is 6.37. The Kier molecular flexibility index (Phi) is 5.55. The van der Waals surface area contributed by atoms with Crippen LogP contribution in [0.1, 0.15) is 27.1 Å². The second kappa shape index (κ2) is 8.28. The number of hydrogen-bond donors (Lipinski definition) is 0. The van der Waals surface area contributed by atoms with E-state index in [4.69, 9.17) is 34.8 Å². The van der Waals surface area contributed by atoms with Gasteiger partial charge < -0.3 is 0 Å². The molecule has 9 heteroatoms. The molecule has 1 heterocycles. The third-order valence-electron chi connectivity index (χ3n) is 6.55. The number of Topliss-reactive ketones (excluding diaryl/α,β-unsaturated/α-hetero) is 1. The van der Waals surface area contributed by atoms with Gasteiger partial charge in [0.25, 0.3) is 17.7 Å². The number of rotatable bonds is 5. The van der Waals surface area contributed by atoms with Crippen LogP contribution in [0.15, 0.2) is 54.6 Å². The maximum atomic E-state index is 13.5. The van der Waals surface area contributed by atoms with E-state index < -0.39 is 41.9 Å². The van der Waals surface area contributed by atoms with Crippen molar-refractivity contribution in [3.05, 3.63) is 80.8 Å². The molecule has 2 bridgehead atoms. The van der Waals surface area contributed by atoms with E-state index in [9.17, 15) is 19.2 Å². The van der Waals surface area contributed by atoms with Crippen molar-refractivity contribution in [2.45, 2.75) is 6.42 Å². The van der Waals surface area contributed by atoms with Crippen LogP contribution in [-0.4, -0.2) is 40.1 Å². The second-order valence-corrected chi connectivity index (χ2v) is 9.63. The number of imide groups is 1. The number of carbonyl (C=O) groups excluding carboxylic acids is 4. The summed E-state index contributed by atoms with van der Waals surface area (Å²) in [5.41, 5.74) is 0.201. The third kappa shape index (κ3) is 3.57. The van der Waals surface area contributed by atoms with Crippen LogP contribution in [0.3, 0.4) is 0 Å². The number of halogens is 3. The van der Waals surface area contributed by atoms with E-state index in [1.807, 2.05) is 12.2 Å². The first-order valence-corrected chi connectivity index (χ1v) is 11.5. The van der Waals surface area contributed by atoms with Crippen LogP contribution in [0, 0.1) is 23.7 Å². The lowest BCUT2D eigenvalue weighted by Gasteiger charge is -2.31. The van der Waals surface area contributed by atoms with Crippen molar-refractivity contribution in [3.63, 3.8) is 0 Å². The van der Waals surface area contributed by atoms with E-state index in [-0.39, 0.29) is 33.0 Å². The minimum absolute atomic E-state index is 0.0415. The van der Waals surface area contributed by atoms with Crippen molar-refractivity contribution in [2.75, 3.05) is 6.54 Å². The number of hydrazine groups is 1. The van der Waals surface area contributed by atoms with Gasteiger partial charge in [0.2, 0.25) is 0 Å². The predicted molar refractivity (Wildman–Crippen MR) is 123 cm³/mol. The molecule has 0 unspecified atom stereocenters. The van der Waals surface area contributed by atoms with Gasteiger partial charge >= 0.3 is 0 Å². The van der Waals surface area contributed by atoms with Crippen LogP contribution in [0.5, 0.6) is 0 Å². The molecule has 0 aromatic heterocycles. The fraction of sp³-hybridized carbons (Fsp3) is 0.250. The lowest BCUT2D eigenvalue weighted by Crippen LogP contribution is -2.52. The smallest absolute Gasteiger partial charge is 0.274 e. The summed E-state index contributed by atoms with van der Waals surface area (Å²) in [6, 6.07) is 10.6. The largest absolute Gasteiger partial charge is 0.292 e. The lowest BCUT2D eigenvalue weighted by molar-refractivity contribution is -0.154. The molecular weight excluding hydrogens is 487 g/mol. The van der Waals surface area contributed by atoms with Crippen molar-refractivity contribution in [1.29, 1.82) is 0 Å². The van der Waals surface area contributed by atoms with Crippen LogP contribution in [0.4, 0.5) is 0 Å². The molecule has 168 valence electrons. The van der Waals surface area contributed by atoms with E-state index in [1.54, 1.807) is 12.1 Å². The SMILES string of the molecule is O=C(CN(C(=O)c1ccccc1Cl)N1C(=O)[C@@H]2[C@@H](C1=O)[C@H]1C=C[C@H]2C1)c1ccc(Cl)cc1Cl. The Morgan fingerprint density at radius 3 is 2.12 bits per heavy atom. The van der Waals surface area contributed by atoms with Crippen LogP contribution < -0.4 is 0 Å². The molecule has 0 spiro atoms. The van der Waals surface area contributed by atoms with Crippen molar-refractivity contribution in [1.82, 2.24) is 10.0 Å². The molecule has 5 rings (SSSR count). The van der Waals surface area contributed by atoms with Gasteiger partial charge in [-0.3, -0.25) is 19.2 Å². The molecule has 0 N–H and O–H groups in total. The number of hydrogen-bond acceptors (Lipinski definition) is 4. The fourth-order valence-corrected chi connectivity index (χ4v) is 5.80. The average molecular weight is 504 g/mol. The summed E-state index contributed by atoms with van der Waals surface area (Å²) in [5, 5.41) is 2.34. The maximum absolute atomic E-state index is 13.5. The Labute approximate surface area is 204 Å². The molecule has 3 aliphatic rings. The van der Waals surface area contributed by atoms with Crippen LogP contribution in [0.2, 0.25) is 15.1 Å². The maximum Gasteiger partial charge on any atom is 0.274 e. The highest BCUT2D eigenvalue weighted by Crippen LogP contribution is 2.52. The minimum Gasteiger partial charge on any atom is -0.292 e. The molecule has 2 fully saturated rings. The van der Waals surface area contributed by atoms with Crippen molar-refractivity contribution >= 4 is 58.3 Å². The highest BCUT2D eigenvalue weighted by Gasteiger charge is 2.61. The van der Waals surface area contributed by atoms with Gasteiger partial charge in [-0.2, -0.15) is 5.01 Å². The predicted octanol–water partition coefficient (Wildman–Crippen LogP) is 4.69. The molecule has 2 aliphatic carbocycles. The molecule has 33 heavy (non-hydrogen) atoms. The fourth-order valence-electron chi connectivity index (χ4n) is 5.07. The normalized spacial score (nSPS) is 25.0. The van der Waals surface area contributed by atoms with Gasteiger partial charge in [0.1, 0.15) is 6.54 Å². The van der Waals surface area contributed by atoms with Gasteiger partial charge in [-0.25, -0.2) is 5.01 Å². The summed E-state index contributed by atoms with van der Waals surface area (Å²) in [4.78, 5) is 53.4. The Morgan fingerprint density at radius 1 is 0.879 bits per heavy atom. The summed E-state index contributed by atoms with van der Waals surface area (Å²) in [6.45, 7) is -0.564. The Balaban J connectivity index is 1.53. The van der Waals surface area contributed by atoms with Gasteiger partial charge in [0.15, 0.2) is 5.78 Å². The van der Waals surface area contributed by atoms with Gasteiger partial charge in [-0.1, -0.05) is 59.1 Å². The molecule has 0 radical (unpaired) electrons. The highest BCUT2D eigenvalue weighted by atomic mass is 35.5. The molecule has 1 saturated heterocycles. The Hall–Kier alpha value is -2.67. The second-order valence-electron chi connectivity index (χ2n) is 8.38. The summed E-state index contributed by atoms with van der Waals surface area (Å²) in [5.74, 6) is -3.35. The molecular formula is C24H17Cl3N2O4. The topological polar surface area (TPSA) is 74.8 Å². The Bertz CT molecular complexity index is 1210. The standard InChI is InChI=1S/C24H17Cl3N2O4/c25-14-7-8-15(18(27)10-14)19(30)11-28(22(31)16-3-1-2-4-17(16)26)29-23(32)20-12-5-6-13(9-12)21(20)24(29)33/h1-8,10,12-13,20-21H,9,11H2/t12-,13-,20-,21-/m0/s1. The minimum atomic E-state index is -0.721. The summed E-state index contributed by atoms with van der Waals surface area (Å²) in [7, 11) is 0.